The molecule has 0 amide bonds. The van der Waals surface area contributed by atoms with Crippen molar-refractivity contribution in [2.75, 3.05) is 0 Å². The van der Waals surface area contributed by atoms with Gasteiger partial charge in [0.05, 0.1) is 0 Å². The number of aliphatic hydroxyl groups is 2. The molecule has 7 N–H and O–H groups in total. The molecule has 98 valence electrons. The zero-order chi connectivity index (χ0) is 12.8. The largest absolute Gasteiger partial charge is 0.382 e. The van der Waals surface area contributed by atoms with Gasteiger partial charge in [-0.05, 0) is 12.8 Å². The van der Waals surface area contributed by atoms with Gasteiger partial charge in [0.25, 0.3) is 0 Å². The molecule has 0 aromatic heterocycles. The minimum Gasteiger partial charge on any atom is -0.382 e. The standard InChI is InChI=1S/C9H20N6O2/c1-3-8(16)11-7-5-6(10)12-15(13-7)14-9(17)4-2/h5,8-9,11,13-14,16-17H,3-4H2,1-2H3,(H2,10,12). The predicted octanol–water partition coefficient (Wildman–Crippen LogP) is -1.53. The lowest BCUT2D eigenvalue weighted by Crippen LogP contribution is -2.54. The number of hydrazine groups is 2. The first-order chi connectivity index (χ1) is 8.05. The second-order valence-electron chi connectivity index (χ2n) is 3.63. The van der Waals surface area contributed by atoms with E-state index in [1.165, 1.54) is 5.23 Å². The summed E-state index contributed by atoms with van der Waals surface area (Å²) in [7, 11) is 0. The quantitative estimate of drug-likeness (QED) is 0.314. The van der Waals surface area contributed by atoms with Crippen molar-refractivity contribution in [1.82, 2.24) is 21.4 Å². The predicted molar refractivity (Wildman–Crippen MR) is 63.5 cm³/mol. The Bertz CT molecular complexity index is 306. The molecular formula is C9H20N6O2. The van der Waals surface area contributed by atoms with Crippen molar-refractivity contribution in [2.24, 2.45) is 10.8 Å². The number of hydrazone groups is 1. The van der Waals surface area contributed by atoms with Crippen molar-refractivity contribution >= 4 is 5.84 Å². The summed E-state index contributed by atoms with van der Waals surface area (Å²) in [5, 5.41) is 26.8. The SMILES string of the molecule is CCC(O)NC1=CC(N)=NN(NC(O)CC)N1. The van der Waals surface area contributed by atoms with E-state index in [2.05, 4.69) is 21.3 Å². The average molecular weight is 244 g/mol. The van der Waals surface area contributed by atoms with E-state index in [0.717, 1.165) is 0 Å². The van der Waals surface area contributed by atoms with E-state index >= 15 is 0 Å². The van der Waals surface area contributed by atoms with E-state index in [4.69, 9.17) is 5.73 Å². The second-order valence-corrected chi connectivity index (χ2v) is 3.63. The third kappa shape index (κ3) is 4.47. The normalized spacial score (nSPS) is 18.9. The van der Waals surface area contributed by atoms with Gasteiger partial charge in [0.2, 0.25) is 0 Å². The molecular weight excluding hydrogens is 224 g/mol. The van der Waals surface area contributed by atoms with Gasteiger partial charge in [-0.3, -0.25) is 5.43 Å². The van der Waals surface area contributed by atoms with Gasteiger partial charge in [0, 0.05) is 6.08 Å². The molecule has 0 aromatic rings. The molecule has 2 unspecified atom stereocenters. The Balaban J connectivity index is 2.56. The zero-order valence-corrected chi connectivity index (χ0v) is 10.0. The fourth-order valence-corrected chi connectivity index (χ4v) is 1.11. The Hall–Kier alpha value is -1.51. The van der Waals surface area contributed by atoms with Crippen molar-refractivity contribution < 1.29 is 10.2 Å². The van der Waals surface area contributed by atoms with Crippen molar-refractivity contribution in [1.29, 1.82) is 0 Å². The Kier molecular flexibility index (Phi) is 5.01. The number of hydrogen-bond acceptors (Lipinski definition) is 8. The minimum absolute atomic E-state index is 0.255. The molecule has 1 aliphatic heterocycles. The molecule has 0 fully saturated rings. The minimum atomic E-state index is -0.727. The lowest BCUT2D eigenvalue weighted by molar-refractivity contribution is 0.00453. The molecule has 0 spiro atoms. The molecule has 0 aromatic carbocycles. The average Bonchev–Trinajstić information content (AvgIpc) is 2.27. The molecule has 0 aliphatic carbocycles. The van der Waals surface area contributed by atoms with Crippen molar-refractivity contribution in [3.8, 4) is 0 Å². The fourth-order valence-electron chi connectivity index (χ4n) is 1.11. The first-order valence-corrected chi connectivity index (χ1v) is 5.56. The highest BCUT2D eigenvalue weighted by molar-refractivity contribution is 5.92. The highest BCUT2D eigenvalue weighted by Gasteiger charge is 2.14. The lowest BCUT2D eigenvalue weighted by atomic mass is 10.4. The van der Waals surface area contributed by atoms with Crippen LogP contribution in [0.2, 0.25) is 0 Å². The molecule has 0 saturated carbocycles. The molecule has 1 aliphatic rings. The summed E-state index contributed by atoms with van der Waals surface area (Å²) in [6, 6.07) is 0. The molecule has 1 heterocycles. The summed E-state index contributed by atoms with van der Waals surface area (Å²) in [4.78, 5) is 0. The highest BCUT2D eigenvalue weighted by Crippen LogP contribution is 1.99. The van der Waals surface area contributed by atoms with Crippen LogP contribution in [0.3, 0.4) is 0 Å². The number of hydrogen-bond donors (Lipinski definition) is 6. The maximum atomic E-state index is 9.45. The van der Waals surface area contributed by atoms with E-state index in [0.29, 0.717) is 18.7 Å². The van der Waals surface area contributed by atoms with Gasteiger partial charge in [-0.15, -0.1) is 10.3 Å². The number of aliphatic hydroxyl groups excluding tert-OH is 2. The number of rotatable bonds is 6. The van der Waals surface area contributed by atoms with Crippen LogP contribution in [0, 0.1) is 0 Å². The molecule has 2 atom stereocenters. The van der Waals surface area contributed by atoms with E-state index in [-0.39, 0.29) is 5.84 Å². The fraction of sp³-hybridized carbons (Fsp3) is 0.667. The monoisotopic (exact) mass is 244 g/mol. The van der Waals surface area contributed by atoms with Crippen LogP contribution in [-0.2, 0) is 0 Å². The summed E-state index contributed by atoms with van der Waals surface area (Å²) in [5.41, 5.74) is 11.1. The van der Waals surface area contributed by atoms with E-state index in [1.807, 2.05) is 13.8 Å². The number of nitrogens with two attached hydrogens (primary N) is 1. The summed E-state index contributed by atoms with van der Waals surface area (Å²) in [5.74, 6) is 0.757. The smallest absolute Gasteiger partial charge is 0.150 e. The summed E-state index contributed by atoms with van der Waals surface area (Å²) >= 11 is 0. The van der Waals surface area contributed by atoms with Crippen molar-refractivity contribution in [2.45, 2.75) is 39.1 Å². The van der Waals surface area contributed by atoms with Gasteiger partial charge in [-0.1, -0.05) is 13.8 Å². The molecule has 8 heteroatoms. The van der Waals surface area contributed by atoms with E-state index in [1.54, 1.807) is 6.08 Å². The molecule has 8 nitrogen and oxygen atoms in total. The van der Waals surface area contributed by atoms with Crippen molar-refractivity contribution in [3.63, 3.8) is 0 Å². The Morgan fingerprint density at radius 2 is 2.06 bits per heavy atom. The zero-order valence-electron chi connectivity index (χ0n) is 10.0. The third-order valence-electron chi connectivity index (χ3n) is 2.10. The lowest BCUT2D eigenvalue weighted by Gasteiger charge is -2.29. The molecule has 1 rings (SSSR count). The molecule has 0 saturated heterocycles. The van der Waals surface area contributed by atoms with Crippen LogP contribution in [0.15, 0.2) is 17.0 Å². The van der Waals surface area contributed by atoms with Crippen LogP contribution in [0.4, 0.5) is 0 Å². The van der Waals surface area contributed by atoms with Gasteiger partial charge >= 0.3 is 0 Å². The van der Waals surface area contributed by atoms with Crippen LogP contribution < -0.4 is 21.9 Å². The van der Waals surface area contributed by atoms with Gasteiger partial charge in [0.1, 0.15) is 18.3 Å². The van der Waals surface area contributed by atoms with Gasteiger partial charge < -0.3 is 21.3 Å². The van der Waals surface area contributed by atoms with E-state index < -0.39 is 12.5 Å². The molecule has 17 heavy (non-hydrogen) atoms. The number of nitrogens with one attached hydrogen (secondary N) is 3. The Morgan fingerprint density at radius 1 is 1.41 bits per heavy atom. The molecule has 0 bridgehead atoms. The molecule has 0 radical (unpaired) electrons. The maximum Gasteiger partial charge on any atom is 0.150 e. The van der Waals surface area contributed by atoms with Crippen LogP contribution in [0.1, 0.15) is 26.7 Å². The summed E-state index contributed by atoms with van der Waals surface area (Å²) in [6.07, 6.45) is 1.24. The highest BCUT2D eigenvalue weighted by atomic mass is 16.3. The summed E-state index contributed by atoms with van der Waals surface area (Å²) < 4.78 is 0. The van der Waals surface area contributed by atoms with Crippen LogP contribution in [0.25, 0.3) is 0 Å². The van der Waals surface area contributed by atoms with Gasteiger partial charge in [0.15, 0.2) is 5.84 Å². The third-order valence-corrected chi connectivity index (χ3v) is 2.10. The first-order valence-electron chi connectivity index (χ1n) is 5.56. The number of amidine groups is 1. The van der Waals surface area contributed by atoms with E-state index in [9.17, 15) is 10.2 Å². The first kappa shape index (κ1) is 13.6. The van der Waals surface area contributed by atoms with Gasteiger partial charge in [-0.25, -0.2) is 0 Å². The van der Waals surface area contributed by atoms with Crippen LogP contribution in [0.5, 0.6) is 0 Å². The van der Waals surface area contributed by atoms with Crippen LogP contribution in [-0.4, -0.2) is 33.7 Å². The van der Waals surface area contributed by atoms with Crippen LogP contribution >= 0.6 is 0 Å². The summed E-state index contributed by atoms with van der Waals surface area (Å²) in [6.45, 7) is 3.67. The number of nitrogens with zero attached hydrogens (tertiary/aromatic N) is 2. The second kappa shape index (κ2) is 6.28. The van der Waals surface area contributed by atoms with Gasteiger partial charge in [-0.2, -0.15) is 5.43 Å². The Labute approximate surface area is 100 Å². The maximum absolute atomic E-state index is 9.45. The topological polar surface area (TPSA) is 118 Å². The van der Waals surface area contributed by atoms with Crippen molar-refractivity contribution in [3.05, 3.63) is 11.9 Å². The Morgan fingerprint density at radius 3 is 2.65 bits per heavy atom.